The van der Waals surface area contributed by atoms with Crippen LogP contribution in [0.2, 0.25) is 0 Å². The number of hydrogen-bond donors (Lipinski definition) is 1. The molecule has 0 saturated heterocycles. The van der Waals surface area contributed by atoms with Crippen LogP contribution in [0.3, 0.4) is 0 Å². The van der Waals surface area contributed by atoms with Gasteiger partial charge in [0, 0.05) is 17.6 Å². The lowest BCUT2D eigenvalue weighted by atomic mass is 10.00. The highest BCUT2D eigenvalue weighted by Crippen LogP contribution is 2.37. The van der Waals surface area contributed by atoms with Gasteiger partial charge < -0.3 is 14.8 Å². The molecule has 0 saturated carbocycles. The van der Waals surface area contributed by atoms with E-state index in [1.807, 2.05) is 30.0 Å². The third-order valence-electron chi connectivity index (χ3n) is 6.21. The number of aryl methyl sites for hydroxylation is 3. The van der Waals surface area contributed by atoms with Crippen molar-refractivity contribution in [3.63, 3.8) is 0 Å². The van der Waals surface area contributed by atoms with Gasteiger partial charge in [-0.3, -0.25) is 0 Å². The van der Waals surface area contributed by atoms with E-state index in [2.05, 4.69) is 90.6 Å². The molecule has 5 rings (SSSR count). The van der Waals surface area contributed by atoms with Crippen molar-refractivity contribution in [3.8, 4) is 5.69 Å². The summed E-state index contributed by atoms with van der Waals surface area (Å²) in [4.78, 5) is 15.7. The van der Waals surface area contributed by atoms with Crippen LogP contribution in [0.4, 0.5) is 10.5 Å². The standard InChI is InChI=1S/C28H27N3O/c1-19-8-6-10-22(17-19)27-26-12-7-15-30(26)25-11-5-4-9-23(25)18-31(27)28(32)29-24-14-13-20(2)16-21(24)3/h4-17,27H,18H2,1-3H3,(H,29,32). The van der Waals surface area contributed by atoms with Crippen LogP contribution in [0.5, 0.6) is 0 Å². The maximum atomic E-state index is 13.8. The third-order valence-corrected chi connectivity index (χ3v) is 6.21. The van der Waals surface area contributed by atoms with Crippen LogP contribution < -0.4 is 5.32 Å². The summed E-state index contributed by atoms with van der Waals surface area (Å²) in [6.45, 7) is 6.71. The molecule has 4 nitrogen and oxygen atoms in total. The minimum atomic E-state index is -0.206. The molecule has 0 bridgehead atoms. The number of amides is 2. The smallest absolute Gasteiger partial charge is 0.318 e. The minimum Gasteiger partial charge on any atom is -0.318 e. The van der Waals surface area contributed by atoms with Crippen molar-refractivity contribution in [1.82, 2.24) is 9.47 Å². The van der Waals surface area contributed by atoms with Crippen LogP contribution in [0.1, 0.15) is 39.6 Å². The molecule has 32 heavy (non-hydrogen) atoms. The maximum absolute atomic E-state index is 13.8. The Morgan fingerprint density at radius 1 is 0.875 bits per heavy atom. The van der Waals surface area contributed by atoms with E-state index in [-0.39, 0.29) is 12.1 Å². The molecule has 0 fully saturated rings. The second-order valence-electron chi connectivity index (χ2n) is 8.62. The van der Waals surface area contributed by atoms with Gasteiger partial charge in [0.25, 0.3) is 0 Å². The first kappa shape index (κ1) is 20.1. The zero-order chi connectivity index (χ0) is 22.2. The number of rotatable bonds is 2. The molecular weight excluding hydrogens is 394 g/mol. The molecule has 1 atom stereocenters. The number of para-hydroxylation sites is 1. The zero-order valence-corrected chi connectivity index (χ0v) is 18.7. The summed E-state index contributed by atoms with van der Waals surface area (Å²) in [6, 6.07) is 26.7. The van der Waals surface area contributed by atoms with Gasteiger partial charge in [0.1, 0.15) is 0 Å². The third kappa shape index (κ3) is 3.58. The number of anilines is 1. The van der Waals surface area contributed by atoms with E-state index in [0.29, 0.717) is 6.54 Å². The van der Waals surface area contributed by atoms with Crippen LogP contribution in [0.15, 0.2) is 85.1 Å². The molecule has 0 spiro atoms. The number of hydrogen-bond acceptors (Lipinski definition) is 1. The molecule has 1 aliphatic heterocycles. The summed E-state index contributed by atoms with van der Waals surface area (Å²) < 4.78 is 2.22. The van der Waals surface area contributed by atoms with Crippen LogP contribution in [-0.4, -0.2) is 15.5 Å². The Labute approximate surface area is 189 Å². The first-order valence-corrected chi connectivity index (χ1v) is 11.0. The Hall–Kier alpha value is -3.79. The van der Waals surface area contributed by atoms with Gasteiger partial charge in [0.15, 0.2) is 0 Å². The Morgan fingerprint density at radius 2 is 1.69 bits per heavy atom. The van der Waals surface area contributed by atoms with Gasteiger partial charge in [0.2, 0.25) is 0 Å². The molecule has 2 amide bonds. The van der Waals surface area contributed by atoms with Crippen LogP contribution >= 0.6 is 0 Å². The fourth-order valence-corrected chi connectivity index (χ4v) is 4.67. The van der Waals surface area contributed by atoms with E-state index >= 15 is 0 Å². The number of nitrogens with one attached hydrogen (secondary N) is 1. The van der Waals surface area contributed by atoms with Crippen molar-refractivity contribution in [2.45, 2.75) is 33.4 Å². The molecule has 1 N–H and O–H groups in total. The lowest BCUT2D eigenvalue weighted by Gasteiger charge is -2.31. The molecule has 3 aromatic carbocycles. The average Bonchev–Trinajstić information content (AvgIpc) is 3.20. The van der Waals surface area contributed by atoms with Crippen molar-refractivity contribution in [1.29, 1.82) is 0 Å². The van der Waals surface area contributed by atoms with E-state index in [4.69, 9.17) is 0 Å². The quantitative estimate of drug-likeness (QED) is 0.392. The molecule has 1 aromatic heterocycles. The highest BCUT2D eigenvalue weighted by molar-refractivity contribution is 5.91. The lowest BCUT2D eigenvalue weighted by molar-refractivity contribution is 0.194. The summed E-state index contributed by atoms with van der Waals surface area (Å²) in [5.41, 5.74) is 8.69. The van der Waals surface area contributed by atoms with Gasteiger partial charge in [-0.05, 0) is 61.7 Å². The lowest BCUT2D eigenvalue weighted by Crippen LogP contribution is -2.38. The Kier molecular flexibility index (Phi) is 5.06. The first-order chi connectivity index (χ1) is 15.5. The number of carbonyl (C=O) groups is 1. The number of urea groups is 1. The van der Waals surface area contributed by atoms with Crippen molar-refractivity contribution >= 4 is 11.7 Å². The van der Waals surface area contributed by atoms with Crippen LogP contribution in [0.25, 0.3) is 5.69 Å². The maximum Gasteiger partial charge on any atom is 0.322 e. The molecule has 2 heterocycles. The van der Waals surface area contributed by atoms with Gasteiger partial charge in [0.05, 0.1) is 18.3 Å². The van der Waals surface area contributed by atoms with Gasteiger partial charge in [-0.15, -0.1) is 0 Å². The SMILES string of the molecule is Cc1cccc(C2c3cccn3-c3ccccc3CN2C(=O)Nc2ccc(C)cc2C)c1. The first-order valence-electron chi connectivity index (χ1n) is 11.0. The highest BCUT2D eigenvalue weighted by Gasteiger charge is 2.33. The number of fused-ring (bicyclic) bond motifs is 3. The second kappa shape index (κ2) is 8.04. The van der Waals surface area contributed by atoms with Crippen molar-refractivity contribution in [3.05, 3.63) is 119 Å². The van der Waals surface area contributed by atoms with E-state index in [1.54, 1.807) is 0 Å². The van der Waals surface area contributed by atoms with E-state index in [9.17, 15) is 4.79 Å². The number of carbonyl (C=O) groups excluding carboxylic acids is 1. The molecule has 4 heteroatoms. The summed E-state index contributed by atoms with van der Waals surface area (Å²) in [7, 11) is 0. The van der Waals surface area contributed by atoms with Crippen molar-refractivity contribution in [2.75, 3.05) is 5.32 Å². The monoisotopic (exact) mass is 421 g/mol. The fourth-order valence-electron chi connectivity index (χ4n) is 4.67. The summed E-state index contributed by atoms with van der Waals surface area (Å²) in [5.74, 6) is 0. The highest BCUT2D eigenvalue weighted by atomic mass is 16.2. The van der Waals surface area contributed by atoms with Gasteiger partial charge >= 0.3 is 6.03 Å². The molecule has 0 radical (unpaired) electrons. The number of aromatic nitrogens is 1. The van der Waals surface area contributed by atoms with Crippen LogP contribution in [-0.2, 0) is 6.54 Å². The van der Waals surface area contributed by atoms with Crippen molar-refractivity contribution < 1.29 is 4.79 Å². The Balaban J connectivity index is 1.64. The van der Waals surface area contributed by atoms with E-state index in [0.717, 1.165) is 33.8 Å². The molecule has 4 aromatic rings. The average molecular weight is 422 g/mol. The van der Waals surface area contributed by atoms with Crippen molar-refractivity contribution in [2.24, 2.45) is 0 Å². The second-order valence-corrected chi connectivity index (χ2v) is 8.62. The predicted octanol–water partition coefficient (Wildman–Crippen LogP) is 6.54. The minimum absolute atomic E-state index is 0.104. The summed E-state index contributed by atoms with van der Waals surface area (Å²) >= 11 is 0. The Bertz CT molecular complexity index is 1300. The number of benzene rings is 3. The summed E-state index contributed by atoms with van der Waals surface area (Å²) in [6.07, 6.45) is 2.09. The fraction of sp³-hybridized carbons (Fsp3) is 0.179. The zero-order valence-electron chi connectivity index (χ0n) is 18.7. The molecule has 160 valence electrons. The number of nitrogens with zero attached hydrogens (tertiary/aromatic N) is 2. The van der Waals surface area contributed by atoms with Crippen LogP contribution in [0, 0.1) is 20.8 Å². The van der Waals surface area contributed by atoms with Gasteiger partial charge in [-0.1, -0.05) is 65.7 Å². The largest absolute Gasteiger partial charge is 0.322 e. The van der Waals surface area contributed by atoms with E-state index < -0.39 is 0 Å². The van der Waals surface area contributed by atoms with Gasteiger partial charge in [-0.25, -0.2) is 4.79 Å². The molecule has 1 aliphatic rings. The van der Waals surface area contributed by atoms with E-state index in [1.165, 1.54) is 11.1 Å². The molecule has 1 unspecified atom stereocenters. The van der Waals surface area contributed by atoms with Gasteiger partial charge in [-0.2, -0.15) is 0 Å². The Morgan fingerprint density at radius 3 is 2.50 bits per heavy atom. The predicted molar refractivity (Wildman–Crippen MR) is 129 cm³/mol. The molecular formula is C28H27N3O. The topological polar surface area (TPSA) is 37.3 Å². The normalized spacial score (nSPS) is 15.0. The molecule has 0 aliphatic carbocycles. The summed E-state index contributed by atoms with van der Waals surface area (Å²) in [5, 5.41) is 3.18.